The maximum Gasteiger partial charge on any atom is 0.227 e. The number of hydrogen-bond acceptors (Lipinski definition) is 6. The lowest BCUT2D eigenvalue weighted by Crippen LogP contribution is -2.55. The maximum atomic E-state index is 12.8. The summed E-state index contributed by atoms with van der Waals surface area (Å²) in [6, 6.07) is 6.13. The Morgan fingerprint density at radius 2 is 2.04 bits per heavy atom. The van der Waals surface area contributed by atoms with Crippen molar-refractivity contribution in [3.05, 3.63) is 24.4 Å². The largest absolute Gasteiger partial charge is 0.381 e. The van der Waals surface area contributed by atoms with Crippen molar-refractivity contribution in [2.45, 2.75) is 25.8 Å². The van der Waals surface area contributed by atoms with Crippen LogP contribution in [-0.2, 0) is 9.53 Å². The Kier molecular flexibility index (Phi) is 6.45. The summed E-state index contributed by atoms with van der Waals surface area (Å²) in [6.45, 7) is 8.44. The molecule has 26 heavy (non-hydrogen) atoms. The topological polar surface area (TPSA) is 83.7 Å². The molecule has 7 heteroatoms. The molecule has 1 amide bonds. The molecule has 3 N–H and O–H groups in total. The predicted molar refractivity (Wildman–Crippen MR) is 102 cm³/mol. The second kappa shape index (κ2) is 8.79. The lowest BCUT2D eigenvalue weighted by Gasteiger charge is -2.38. The molecule has 2 fully saturated rings. The number of ether oxygens (including phenoxy) is 1. The van der Waals surface area contributed by atoms with Gasteiger partial charge in [-0.3, -0.25) is 9.69 Å². The van der Waals surface area contributed by atoms with Gasteiger partial charge in [-0.05, 0) is 31.9 Å². The molecule has 3 heterocycles. The van der Waals surface area contributed by atoms with E-state index >= 15 is 0 Å². The Bertz CT molecular complexity index is 569. The first-order valence-corrected chi connectivity index (χ1v) is 9.60. The number of nitrogens with zero attached hydrogens (tertiary/aromatic N) is 3. The molecule has 0 saturated carbocycles. The molecule has 1 unspecified atom stereocenters. The van der Waals surface area contributed by atoms with Crippen molar-refractivity contribution in [1.82, 2.24) is 15.2 Å². The molecule has 7 nitrogen and oxygen atoms in total. The van der Waals surface area contributed by atoms with Gasteiger partial charge in [0, 0.05) is 64.7 Å². The first-order valence-electron chi connectivity index (χ1n) is 9.60. The lowest BCUT2D eigenvalue weighted by molar-refractivity contribution is -0.136. The first-order chi connectivity index (χ1) is 12.6. The van der Waals surface area contributed by atoms with Crippen LogP contribution in [0.1, 0.15) is 19.8 Å². The van der Waals surface area contributed by atoms with Gasteiger partial charge in [0.2, 0.25) is 5.91 Å². The van der Waals surface area contributed by atoms with Gasteiger partial charge in [0.05, 0.1) is 5.41 Å². The molecule has 0 aliphatic carbocycles. The molecule has 2 saturated heterocycles. The minimum absolute atomic E-state index is 0.0860. The molecule has 1 aromatic rings. The fraction of sp³-hybridized carbons (Fsp3) is 0.684. The Hall–Kier alpha value is -1.70. The number of aromatic nitrogens is 1. The minimum Gasteiger partial charge on any atom is -0.381 e. The van der Waals surface area contributed by atoms with Crippen molar-refractivity contribution in [2.24, 2.45) is 11.1 Å². The molecule has 2 aliphatic heterocycles. The highest BCUT2D eigenvalue weighted by Gasteiger charge is 2.39. The molecule has 0 aromatic carbocycles. The lowest BCUT2D eigenvalue weighted by atomic mass is 9.79. The molecule has 3 rings (SSSR count). The fourth-order valence-electron chi connectivity index (χ4n) is 3.80. The van der Waals surface area contributed by atoms with Crippen molar-refractivity contribution in [3.8, 4) is 0 Å². The van der Waals surface area contributed by atoms with E-state index in [-0.39, 0.29) is 11.9 Å². The predicted octanol–water partition coefficient (Wildman–Crippen LogP) is 0.464. The average molecular weight is 361 g/mol. The Balaban J connectivity index is 1.45. The van der Waals surface area contributed by atoms with Gasteiger partial charge in [-0.15, -0.1) is 0 Å². The van der Waals surface area contributed by atoms with Crippen LogP contribution >= 0.6 is 0 Å². The second-order valence-corrected chi connectivity index (χ2v) is 7.45. The van der Waals surface area contributed by atoms with E-state index in [1.165, 1.54) is 0 Å². The van der Waals surface area contributed by atoms with Crippen LogP contribution < -0.4 is 16.0 Å². The van der Waals surface area contributed by atoms with E-state index in [1.54, 1.807) is 0 Å². The van der Waals surface area contributed by atoms with Crippen molar-refractivity contribution in [3.63, 3.8) is 0 Å². The second-order valence-electron chi connectivity index (χ2n) is 7.45. The molecule has 0 radical (unpaired) electrons. The van der Waals surface area contributed by atoms with E-state index in [1.807, 2.05) is 18.3 Å². The summed E-state index contributed by atoms with van der Waals surface area (Å²) in [6.07, 6.45) is 3.26. The SMILES string of the molecule is CC(CN1CCN(c2ccccn2)CC1)NC(=O)C1(CN)CCOCC1. The van der Waals surface area contributed by atoms with Crippen molar-refractivity contribution in [1.29, 1.82) is 0 Å². The summed E-state index contributed by atoms with van der Waals surface area (Å²) in [5.41, 5.74) is 5.48. The van der Waals surface area contributed by atoms with Gasteiger partial charge in [-0.2, -0.15) is 0 Å². The maximum absolute atomic E-state index is 12.8. The smallest absolute Gasteiger partial charge is 0.227 e. The number of anilines is 1. The highest BCUT2D eigenvalue weighted by Crippen LogP contribution is 2.29. The number of piperazine rings is 1. The number of rotatable bonds is 6. The van der Waals surface area contributed by atoms with Crippen LogP contribution in [0, 0.1) is 5.41 Å². The summed E-state index contributed by atoms with van der Waals surface area (Å²) < 4.78 is 5.40. The molecule has 144 valence electrons. The Morgan fingerprint density at radius 1 is 1.31 bits per heavy atom. The molecule has 1 aromatic heterocycles. The van der Waals surface area contributed by atoms with Crippen LogP contribution in [0.3, 0.4) is 0 Å². The van der Waals surface area contributed by atoms with Crippen molar-refractivity contribution >= 4 is 11.7 Å². The highest BCUT2D eigenvalue weighted by atomic mass is 16.5. The average Bonchev–Trinajstić information content (AvgIpc) is 2.69. The van der Waals surface area contributed by atoms with Crippen LogP contribution in [-0.4, -0.2) is 74.3 Å². The molecular formula is C19H31N5O2. The fourth-order valence-corrected chi connectivity index (χ4v) is 3.80. The molecule has 0 spiro atoms. The number of nitrogens with one attached hydrogen (secondary N) is 1. The molecule has 1 atom stereocenters. The highest BCUT2D eigenvalue weighted by molar-refractivity contribution is 5.83. The number of carbonyl (C=O) groups excluding carboxylic acids is 1. The minimum atomic E-state index is -0.454. The summed E-state index contributed by atoms with van der Waals surface area (Å²) in [4.78, 5) is 21.9. The van der Waals surface area contributed by atoms with Crippen molar-refractivity contribution < 1.29 is 9.53 Å². The van der Waals surface area contributed by atoms with Crippen molar-refractivity contribution in [2.75, 3.05) is 57.4 Å². The zero-order chi connectivity index (χ0) is 18.4. The summed E-state index contributed by atoms with van der Waals surface area (Å²) in [5.74, 6) is 1.13. The number of nitrogens with two attached hydrogens (primary N) is 1. The summed E-state index contributed by atoms with van der Waals surface area (Å²) in [5, 5.41) is 3.19. The van der Waals surface area contributed by atoms with Gasteiger partial charge >= 0.3 is 0 Å². The summed E-state index contributed by atoms with van der Waals surface area (Å²) >= 11 is 0. The third-order valence-corrected chi connectivity index (χ3v) is 5.58. The molecule has 2 aliphatic rings. The summed E-state index contributed by atoms with van der Waals surface area (Å²) in [7, 11) is 0. The monoisotopic (exact) mass is 361 g/mol. The van der Waals surface area contributed by atoms with Crippen LogP contribution in [0.25, 0.3) is 0 Å². The Morgan fingerprint density at radius 3 is 2.65 bits per heavy atom. The standard InChI is InChI=1S/C19H31N5O2/c1-16(22-18(25)19(15-20)5-12-26-13-6-19)14-23-8-10-24(11-9-23)17-4-2-3-7-21-17/h2-4,7,16H,5-6,8-15,20H2,1H3,(H,22,25). The van der Waals surface area contributed by atoms with Crippen LogP contribution in [0.2, 0.25) is 0 Å². The van der Waals surface area contributed by atoms with E-state index in [4.69, 9.17) is 10.5 Å². The van der Waals surface area contributed by atoms with E-state index in [0.29, 0.717) is 32.6 Å². The normalized spacial score (nSPS) is 22.0. The van der Waals surface area contributed by atoms with Crippen LogP contribution in [0.15, 0.2) is 24.4 Å². The van der Waals surface area contributed by atoms with Gasteiger partial charge in [0.15, 0.2) is 0 Å². The third-order valence-electron chi connectivity index (χ3n) is 5.58. The van der Waals surface area contributed by atoms with E-state index in [0.717, 1.165) is 38.5 Å². The number of carbonyl (C=O) groups is 1. The van der Waals surface area contributed by atoms with Gasteiger partial charge < -0.3 is 20.7 Å². The van der Waals surface area contributed by atoms with Gasteiger partial charge in [-0.1, -0.05) is 6.07 Å². The third kappa shape index (κ3) is 4.52. The zero-order valence-electron chi connectivity index (χ0n) is 15.7. The van der Waals surface area contributed by atoms with E-state index < -0.39 is 5.41 Å². The number of amides is 1. The van der Waals surface area contributed by atoms with Crippen LogP contribution in [0.5, 0.6) is 0 Å². The van der Waals surface area contributed by atoms with Gasteiger partial charge in [0.25, 0.3) is 0 Å². The Labute approximate surface area is 155 Å². The zero-order valence-corrected chi connectivity index (χ0v) is 15.7. The van der Waals surface area contributed by atoms with E-state index in [9.17, 15) is 4.79 Å². The molecular weight excluding hydrogens is 330 g/mol. The quantitative estimate of drug-likeness (QED) is 0.766. The van der Waals surface area contributed by atoms with Crippen LogP contribution in [0.4, 0.5) is 5.82 Å². The molecule has 0 bridgehead atoms. The first kappa shape index (κ1) is 19.1. The number of hydrogen-bond donors (Lipinski definition) is 2. The van der Waals surface area contributed by atoms with E-state index in [2.05, 4.69) is 33.1 Å². The number of pyridine rings is 1. The van der Waals surface area contributed by atoms with Gasteiger partial charge in [0.1, 0.15) is 5.82 Å². The van der Waals surface area contributed by atoms with Gasteiger partial charge in [-0.25, -0.2) is 4.98 Å².